The molecule has 0 bridgehead atoms. The zero-order valence-electron chi connectivity index (χ0n) is 17.5. The summed E-state index contributed by atoms with van der Waals surface area (Å²) in [5, 5.41) is 0. The minimum Gasteiger partial charge on any atom is -0.496 e. The van der Waals surface area contributed by atoms with Gasteiger partial charge in [-0.2, -0.15) is 0 Å². The first-order valence-electron chi connectivity index (χ1n) is 10.7. The number of likely N-dealkylation sites (tertiary alicyclic amines) is 2. The molecule has 0 unspecified atom stereocenters. The first-order chi connectivity index (χ1) is 14.6. The standard InChI is InChI=1S/C25H29FN2O2/c1-30-24-7-3-2-5-20(24)6-4-15-27-16-14-23-21(18-27)10-13-25(29)28(23)17-19-8-11-22(26)12-9-19/h2-9,11-12,21,23H,10,13-18H2,1H3/b6-4+/t21-,23+/m1/s1. The third kappa shape index (κ3) is 4.73. The number of amides is 1. The summed E-state index contributed by atoms with van der Waals surface area (Å²) in [5.74, 6) is 1.37. The van der Waals surface area contributed by atoms with E-state index >= 15 is 0 Å². The van der Waals surface area contributed by atoms with E-state index in [9.17, 15) is 9.18 Å². The Morgan fingerprint density at radius 1 is 1.13 bits per heavy atom. The fourth-order valence-electron chi connectivity index (χ4n) is 4.72. The lowest BCUT2D eigenvalue weighted by Gasteiger charge is -2.47. The molecule has 2 atom stereocenters. The van der Waals surface area contributed by atoms with Crippen molar-refractivity contribution in [1.29, 1.82) is 0 Å². The van der Waals surface area contributed by atoms with Gasteiger partial charge in [0.1, 0.15) is 11.6 Å². The Bertz CT molecular complexity index is 896. The summed E-state index contributed by atoms with van der Waals surface area (Å²) >= 11 is 0. The number of piperidine rings is 2. The maximum atomic E-state index is 13.2. The molecular formula is C25H29FN2O2. The van der Waals surface area contributed by atoms with Crippen LogP contribution in [0, 0.1) is 11.7 Å². The van der Waals surface area contributed by atoms with Crippen molar-refractivity contribution in [2.24, 2.45) is 5.92 Å². The molecule has 0 spiro atoms. The topological polar surface area (TPSA) is 32.8 Å². The Hall–Kier alpha value is -2.66. The predicted octanol–water partition coefficient (Wildman–Crippen LogP) is 4.36. The van der Waals surface area contributed by atoms with Crippen molar-refractivity contribution in [1.82, 2.24) is 9.80 Å². The van der Waals surface area contributed by atoms with Gasteiger partial charge in [-0.1, -0.05) is 42.5 Å². The largest absolute Gasteiger partial charge is 0.496 e. The summed E-state index contributed by atoms with van der Waals surface area (Å²) < 4.78 is 18.6. The van der Waals surface area contributed by atoms with Gasteiger partial charge in [-0.15, -0.1) is 0 Å². The second-order valence-corrected chi connectivity index (χ2v) is 8.21. The minimum atomic E-state index is -0.240. The number of benzene rings is 2. The van der Waals surface area contributed by atoms with Crippen molar-refractivity contribution >= 4 is 12.0 Å². The molecule has 1 amide bonds. The number of fused-ring (bicyclic) bond motifs is 1. The fourth-order valence-corrected chi connectivity index (χ4v) is 4.72. The molecular weight excluding hydrogens is 379 g/mol. The Kier molecular flexibility index (Phi) is 6.48. The Morgan fingerprint density at radius 3 is 2.73 bits per heavy atom. The molecule has 4 nitrogen and oxygen atoms in total. The lowest BCUT2D eigenvalue weighted by atomic mass is 9.83. The molecule has 30 heavy (non-hydrogen) atoms. The van der Waals surface area contributed by atoms with Gasteiger partial charge in [0.05, 0.1) is 7.11 Å². The van der Waals surface area contributed by atoms with E-state index in [0.717, 1.165) is 49.4 Å². The number of rotatable bonds is 6. The van der Waals surface area contributed by atoms with Crippen LogP contribution >= 0.6 is 0 Å². The fraction of sp³-hybridized carbons (Fsp3) is 0.400. The number of carbonyl (C=O) groups is 1. The Balaban J connectivity index is 1.36. The molecule has 0 aliphatic carbocycles. The highest BCUT2D eigenvalue weighted by atomic mass is 19.1. The zero-order chi connectivity index (χ0) is 20.9. The number of methoxy groups -OCH3 is 1. The number of para-hydroxylation sites is 1. The first-order valence-corrected chi connectivity index (χ1v) is 10.7. The average molecular weight is 409 g/mol. The molecule has 5 heteroatoms. The second kappa shape index (κ2) is 9.43. The third-order valence-corrected chi connectivity index (χ3v) is 6.29. The maximum Gasteiger partial charge on any atom is 0.223 e. The third-order valence-electron chi connectivity index (χ3n) is 6.29. The molecule has 158 valence electrons. The summed E-state index contributed by atoms with van der Waals surface area (Å²) in [6.45, 7) is 3.46. The number of carbonyl (C=O) groups excluding carboxylic acids is 1. The molecule has 2 saturated heterocycles. The average Bonchev–Trinajstić information content (AvgIpc) is 2.77. The summed E-state index contributed by atoms with van der Waals surface area (Å²) in [4.78, 5) is 17.1. The van der Waals surface area contributed by atoms with Crippen LogP contribution in [0.1, 0.15) is 30.4 Å². The van der Waals surface area contributed by atoms with Gasteiger partial charge >= 0.3 is 0 Å². The highest BCUT2D eigenvalue weighted by Gasteiger charge is 2.38. The summed E-state index contributed by atoms with van der Waals surface area (Å²) in [6.07, 6.45) is 6.86. The summed E-state index contributed by atoms with van der Waals surface area (Å²) in [6, 6.07) is 14.8. The van der Waals surface area contributed by atoms with Gasteiger partial charge in [0.15, 0.2) is 0 Å². The van der Waals surface area contributed by atoms with Crippen LogP contribution in [0.5, 0.6) is 5.75 Å². The van der Waals surface area contributed by atoms with Gasteiger partial charge in [0.25, 0.3) is 0 Å². The Morgan fingerprint density at radius 2 is 1.93 bits per heavy atom. The van der Waals surface area contributed by atoms with Crippen molar-refractivity contribution < 1.29 is 13.9 Å². The van der Waals surface area contributed by atoms with Crippen LogP contribution in [-0.4, -0.2) is 48.5 Å². The minimum absolute atomic E-state index is 0.227. The van der Waals surface area contributed by atoms with E-state index in [1.165, 1.54) is 12.1 Å². The SMILES string of the molecule is COc1ccccc1/C=C/CN1CC[C@H]2[C@H](CCC(=O)N2Cc2ccc(F)cc2)C1. The van der Waals surface area contributed by atoms with E-state index in [1.54, 1.807) is 19.2 Å². The summed E-state index contributed by atoms with van der Waals surface area (Å²) in [5.41, 5.74) is 2.08. The number of hydrogen-bond donors (Lipinski definition) is 0. The number of nitrogens with zero attached hydrogens (tertiary/aromatic N) is 2. The van der Waals surface area contributed by atoms with Crippen molar-refractivity contribution in [3.63, 3.8) is 0 Å². The normalized spacial score (nSPS) is 22.3. The molecule has 0 saturated carbocycles. The zero-order valence-corrected chi connectivity index (χ0v) is 17.5. The van der Waals surface area contributed by atoms with Crippen molar-refractivity contribution in [2.75, 3.05) is 26.7 Å². The smallest absolute Gasteiger partial charge is 0.223 e. The van der Waals surface area contributed by atoms with E-state index in [-0.39, 0.29) is 17.8 Å². The van der Waals surface area contributed by atoms with Crippen LogP contribution in [0.3, 0.4) is 0 Å². The maximum absolute atomic E-state index is 13.2. The number of halogens is 1. The highest BCUT2D eigenvalue weighted by molar-refractivity contribution is 5.77. The van der Waals surface area contributed by atoms with Crippen LogP contribution < -0.4 is 4.74 Å². The quantitative estimate of drug-likeness (QED) is 0.712. The van der Waals surface area contributed by atoms with Crippen LogP contribution in [0.4, 0.5) is 4.39 Å². The van der Waals surface area contributed by atoms with Gasteiger partial charge in [-0.25, -0.2) is 4.39 Å². The van der Waals surface area contributed by atoms with Crippen LogP contribution in [-0.2, 0) is 11.3 Å². The highest BCUT2D eigenvalue weighted by Crippen LogP contribution is 2.32. The van der Waals surface area contributed by atoms with E-state index in [2.05, 4.69) is 23.1 Å². The van der Waals surface area contributed by atoms with E-state index < -0.39 is 0 Å². The van der Waals surface area contributed by atoms with Gasteiger partial charge in [0, 0.05) is 44.2 Å². The number of hydrogen-bond acceptors (Lipinski definition) is 3. The molecule has 4 rings (SSSR count). The van der Waals surface area contributed by atoms with Crippen LogP contribution in [0.2, 0.25) is 0 Å². The monoisotopic (exact) mass is 408 g/mol. The Labute approximate surface area is 177 Å². The molecule has 0 N–H and O–H groups in total. The molecule has 0 radical (unpaired) electrons. The van der Waals surface area contributed by atoms with Gasteiger partial charge < -0.3 is 9.64 Å². The molecule has 2 aromatic rings. The first kappa shape index (κ1) is 20.6. The predicted molar refractivity (Wildman–Crippen MR) is 117 cm³/mol. The molecule has 2 fully saturated rings. The van der Waals surface area contributed by atoms with Crippen LogP contribution in [0.15, 0.2) is 54.6 Å². The molecule has 2 aromatic carbocycles. The van der Waals surface area contributed by atoms with Crippen molar-refractivity contribution in [3.05, 3.63) is 71.6 Å². The summed E-state index contributed by atoms with van der Waals surface area (Å²) in [7, 11) is 1.69. The van der Waals surface area contributed by atoms with Gasteiger partial charge in [0.2, 0.25) is 5.91 Å². The van der Waals surface area contributed by atoms with Crippen molar-refractivity contribution in [3.8, 4) is 5.75 Å². The lowest BCUT2D eigenvalue weighted by Crippen LogP contribution is -2.55. The van der Waals surface area contributed by atoms with Gasteiger partial charge in [-0.3, -0.25) is 9.69 Å². The molecule has 2 heterocycles. The van der Waals surface area contributed by atoms with Crippen LogP contribution in [0.25, 0.3) is 6.08 Å². The van der Waals surface area contributed by atoms with E-state index in [4.69, 9.17) is 4.74 Å². The van der Waals surface area contributed by atoms with E-state index in [0.29, 0.717) is 18.9 Å². The van der Waals surface area contributed by atoms with Crippen molar-refractivity contribution in [2.45, 2.75) is 31.8 Å². The van der Waals surface area contributed by atoms with E-state index in [1.807, 2.05) is 23.1 Å². The molecule has 0 aromatic heterocycles. The molecule has 2 aliphatic rings. The molecule has 2 aliphatic heterocycles. The second-order valence-electron chi connectivity index (χ2n) is 8.21. The lowest BCUT2D eigenvalue weighted by molar-refractivity contribution is -0.141. The van der Waals surface area contributed by atoms with Gasteiger partial charge in [-0.05, 0) is 42.5 Å². The number of ether oxygens (including phenoxy) is 1.